The van der Waals surface area contributed by atoms with Gasteiger partial charge in [0.05, 0.1) is 16.2 Å². The molecule has 8 nitrogen and oxygen atoms in total. The van der Waals surface area contributed by atoms with Gasteiger partial charge in [0.1, 0.15) is 5.82 Å². The maximum Gasteiger partial charge on any atom is 0.265 e. The SMILES string of the molecule is CC(=NC(C(=O)N1CCC[C@@H]1C)C(=S)c1cnc(NC(C2CC2)C2CC2)cc1C(F)F)C(=O)NCC(C)(C)O. The first-order valence-corrected chi connectivity index (χ1v) is 14.2. The number of nitrogens with one attached hydrogen (secondary N) is 2. The molecule has 1 aromatic heterocycles. The summed E-state index contributed by atoms with van der Waals surface area (Å²) in [6.45, 7) is 6.92. The third-order valence-electron chi connectivity index (χ3n) is 7.66. The number of thiocarbonyl (C=S) groups is 1. The molecule has 2 aliphatic carbocycles. The zero-order valence-electron chi connectivity index (χ0n) is 23.0. The van der Waals surface area contributed by atoms with Crippen LogP contribution in [0.25, 0.3) is 0 Å². The lowest BCUT2D eigenvalue weighted by atomic mass is 10.0. The Balaban J connectivity index is 1.63. The minimum absolute atomic E-state index is 0.0152. The number of nitrogens with zero attached hydrogens (tertiary/aromatic N) is 3. The zero-order valence-corrected chi connectivity index (χ0v) is 23.9. The highest BCUT2D eigenvalue weighted by Crippen LogP contribution is 2.46. The van der Waals surface area contributed by atoms with Crippen LogP contribution in [0.15, 0.2) is 17.3 Å². The summed E-state index contributed by atoms with van der Waals surface area (Å²) in [5.41, 5.74) is -1.50. The van der Waals surface area contributed by atoms with Gasteiger partial charge in [-0.1, -0.05) is 12.2 Å². The molecule has 0 aromatic carbocycles. The van der Waals surface area contributed by atoms with E-state index in [1.54, 1.807) is 18.7 Å². The van der Waals surface area contributed by atoms with Gasteiger partial charge in [-0.3, -0.25) is 14.6 Å². The first-order chi connectivity index (χ1) is 18.4. The molecule has 1 saturated heterocycles. The van der Waals surface area contributed by atoms with Crippen molar-refractivity contribution < 1.29 is 23.5 Å². The minimum Gasteiger partial charge on any atom is -0.389 e. The second kappa shape index (κ2) is 11.9. The number of anilines is 1. The summed E-state index contributed by atoms with van der Waals surface area (Å²) in [5.74, 6) is 0.482. The third-order valence-corrected chi connectivity index (χ3v) is 8.11. The molecule has 3 N–H and O–H groups in total. The molecule has 4 rings (SSSR count). The molecule has 1 aromatic rings. The lowest BCUT2D eigenvalue weighted by molar-refractivity contribution is -0.131. The second-order valence-electron chi connectivity index (χ2n) is 11.8. The summed E-state index contributed by atoms with van der Waals surface area (Å²) in [7, 11) is 0. The highest BCUT2D eigenvalue weighted by molar-refractivity contribution is 7.81. The van der Waals surface area contributed by atoms with Crippen LogP contribution in [0.2, 0.25) is 0 Å². The Morgan fingerprint density at radius 1 is 1.23 bits per heavy atom. The number of carbonyl (C=O) groups excluding carboxylic acids is 2. The van der Waals surface area contributed by atoms with Gasteiger partial charge in [-0.15, -0.1) is 0 Å². The van der Waals surface area contributed by atoms with E-state index in [9.17, 15) is 23.5 Å². The van der Waals surface area contributed by atoms with Crippen molar-refractivity contribution in [3.05, 3.63) is 23.4 Å². The highest BCUT2D eigenvalue weighted by Gasteiger charge is 2.42. The molecule has 2 heterocycles. The molecule has 1 aliphatic heterocycles. The molecule has 0 spiro atoms. The predicted octanol–water partition coefficient (Wildman–Crippen LogP) is 4.07. The molecule has 3 fully saturated rings. The molecular weight excluding hydrogens is 524 g/mol. The molecule has 0 bridgehead atoms. The summed E-state index contributed by atoms with van der Waals surface area (Å²) < 4.78 is 28.7. The fourth-order valence-corrected chi connectivity index (χ4v) is 5.43. The van der Waals surface area contributed by atoms with Crippen LogP contribution in [-0.2, 0) is 9.59 Å². The molecule has 2 amide bonds. The van der Waals surface area contributed by atoms with Gasteiger partial charge in [-0.2, -0.15) is 0 Å². The molecule has 0 radical (unpaired) electrons. The molecule has 214 valence electrons. The van der Waals surface area contributed by atoms with Crippen LogP contribution in [0.3, 0.4) is 0 Å². The van der Waals surface area contributed by atoms with Crippen molar-refractivity contribution in [2.45, 2.75) is 96.4 Å². The van der Waals surface area contributed by atoms with Gasteiger partial charge in [0.25, 0.3) is 18.2 Å². The summed E-state index contributed by atoms with van der Waals surface area (Å²) in [5, 5.41) is 15.9. The van der Waals surface area contributed by atoms with Crippen LogP contribution in [0.4, 0.5) is 14.6 Å². The quantitative estimate of drug-likeness (QED) is 0.201. The van der Waals surface area contributed by atoms with E-state index < -0.39 is 29.9 Å². The molecule has 39 heavy (non-hydrogen) atoms. The van der Waals surface area contributed by atoms with Crippen molar-refractivity contribution >= 4 is 40.4 Å². The van der Waals surface area contributed by atoms with Crippen molar-refractivity contribution in [2.24, 2.45) is 16.8 Å². The lowest BCUT2D eigenvalue weighted by Gasteiger charge is -2.26. The number of rotatable bonds is 12. The smallest absolute Gasteiger partial charge is 0.265 e. The van der Waals surface area contributed by atoms with Crippen LogP contribution in [0, 0.1) is 11.8 Å². The average Bonchev–Trinajstić information content (AvgIpc) is 3.81. The van der Waals surface area contributed by atoms with Gasteiger partial charge < -0.3 is 20.6 Å². The Kier molecular flexibility index (Phi) is 9.00. The number of alkyl halides is 2. The van der Waals surface area contributed by atoms with E-state index in [0.717, 1.165) is 38.5 Å². The van der Waals surface area contributed by atoms with Crippen molar-refractivity contribution in [3.63, 3.8) is 0 Å². The summed E-state index contributed by atoms with van der Waals surface area (Å²) in [4.78, 5) is 36.6. The average molecular weight is 564 g/mol. The van der Waals surface area contributed by atoms with Crippen LogP contribution in [0.5, 0.6) is 0 Å². The van der Waals surface area contributed by atoms with Crippen molar-refractivity contribution in [2.75, 3.05) is 18.4 Å². The number of pyridine rings is 1. The van der Waals surface area contributed by atoms with E-state index >= 15 is 0 Å². The van der Waals surface area contributed by atoms with Crippen LogP contribution in [0.1, 0.15) is 83.8 Å². The van der Waals surface area contributed by atoms with Crippen LogP contribution in [-0.4, -0.2) is 74.2 Å². The topological polar surface area (TPSA) is 107 Å². The second-order valence-corrected chi connectivity index (χ2v) is 12.2. The summed E-state index contributed by atoms with van der Waals surface area (Å²) in [6, 6.07) is 0.179. The monoisotopic (exact) mass is 563 g/mol. The number of halogens is 2. The van der Waals surface area contributed by atoms with Crippen molar-refractivity contribution in [3.8, 4) is 0 Å². The molecule has 2 saturated carbocycles. The standard InChI is InChI=1S/C28H39F2N5O3S/c1-15-6-5-11-35(15)27(37)23(33-16(2)26(36)32-14-28(3,4)38)24(39)20-13-31-21(12-19(20)25(29)30)34-22(17-7-8-17)18-9-10-18/h12-13,15,17-18,22-23,25,38H,5-11,14H2,1-4H3,(H,31,34)(H,32,36)/t15-,23?/m0/s1. The van der Waals surface area contributed by atoms with Gasteiger partial charge in [0.15, 0.2) is 6.04 Å². The fourth-order valence-electron chi connectivity index (χ4n) is 5.11. The van der Waals surface area contributed by atoms with Gasteiger partial charge in [-0.25, -0.2) is 13.8 Å². The lowest BCUT2D eigenvalue weighted by Crippen LogP contribution is -2.45. The van der Waals surface area contributed by atoms with Gasteiger partial charge in [0, 0.05) is 42.5 Å². The Morgan fingerprint density at radius 3 is 2.38 bits per heavy atom. The minimum atomic E-state index is -2.84. The molecule has 3 aliphatic rings. The van der Waals surface area contributed by atoms with E-state index in [0.29, 0.717) is 24.2 Å². The maximum absolute atomic E-state index is 14.3. The fraction of sp³-hybridized carbons (Fsp3) is 0.679. The van der Waals surface area contributed by atoms with E-state index in [1.165, 1.54) is 19.2 Å². The Labute approximate surface area is 234 Å². The van der Waals surface area contributed by atoms with Gasteiger partial charge in [-0.05, 0) is 84.1 Å². The Bertz CT molecular complexity index is 1120. The van der Waals surface area contributed by atoms with Gasteiger partial charge >= 0.3 is 0 Å². The summed E-state index contributed by atoms with van der Waals surface area (Å²) in [6.07, 6.45) is 4.63. The molecule has 11 heteroatoms. The van der Waals surface area contributed by atoms with Crippen molar-refractivity contribution in [1.82, 2.24) is 15.2 Å². The number of hydrogen-bond donors (Lipinski definition) is 3. The number of aliphatic hydroxyl groups is 1. The van der Waals surface area contributed by atoms with Gasteiger partial charge in [0.2, 0.25) is 0 Å². The largest absolute Gasteiger partial charge is 0.389 e. The van der Waals surface area contributed by atoms with E-state index in [4.69, 9.17) is 12.2 Å². The first-order valence-electron chi connectivity index (χ1n) is 13.8. The number of aliphatic imine (C=N–C) groups is 1. The Hall–Kier alpha value is -2.53. The normalized spacial score (nSPS) is 20.9. The van der Waals surface area contributed by atoms with E-state index in [-0.39, 0.29) is 40.3 Å². The maximum atomic E-state index is 14.3. The summed E-state index contributed by atoms with van der Waals surface area (Å²) >= 11 is 5.64. The predicted molar refractivity (Wildman–Crippen MR) is 150 cm³/mol. The zero-order chi connectivity index (χ0) is 28.5. The van der Waals surface area contributed by atoms with Crippen LogP contribution < -0.4 is 10.6 Å². The third kappa shape index (κ3) is 7.57. The van der Waals surface area contributed by atoms with Crippen LogP contribution >= 0.6 is 12.2 Å². The number of amides is 2. The number of likely N-dealkylation sites (tertiary alicyclic amines) is 1. The number of hydrogen-bond acceptors (Lipinski definition) is 7. The first kappa shape index (κ1) is 29.5. The Morgan fingerprint density at radius 2 is 1.87 bits per heavy atom. The molecule has 1 unspecified atom stereocenters. The van der Waals surface area contributed by atoms with E-state index in [1.807, 2.05) is 6.92 Å². The molecular formula is C28H39F2N5O3S. The molecule has 2 atom stereocenters. The highest BCUT2D eigenvalue weighted by atomic mass is 32.1. The number of carbonyl (C=O) groups is 2. The van der Waals surface area contributed by atoms with Crippen molar-refractivity contribution in [1.29, 1.82) is 0 Å². The number of aromatic nitrogens is 1. The van der Waals surface area contributed by atoms with E-state index in [2.05, 4.69) is 20.6 Å².